The van der Waals surface area contributed by atoms with Gasteiger partial charge in [0.1, 0.15) is 17.3 Å². The molecule has 2 saturated heterocycles. The molecule has 2 fully saturated rings. The Morgan fingerprint density at radius 3 is 2.21 bits per heavy atom. The molecule has 1 aromatic heterocycles. The van der Waals surface area contributed by atoms with E-state index in [0.717, 1.165) is 71.3 Å². The smallest absolute Gasteiger partial charge is 0.354 e. The minimum absolute atomic E-state index is 0.000736. The lowest BCUT2D eigenvalue weighted by atomic mass is 9.95. The number of unbranched alkanes of at least 4 members (excludes halogenated alkanes) is 1. The summed E-state index contributed by atoms with van der Waals surface area (Å²) in [5, 5.41) is 3.05. The van der Waals surface area contributed by atoms with E-state index in [1.807, 2.05) is 48.8 Å². The number of halogens is 3. The van der Waals surface area contributed by atoms with Crippen molar-refractivity contribution >= 4 is 17.9 Å². The van der Waals surface area contributed by atoms with Gasteiger partial charge in [-0.2, -0.15) is 13.2 Å². The van der Waals surface area contributed by atoms with Gasteiger partial charge in [0, 0.05) is 76.9 Å². The highest BCUT2D eigenvalue weighted by Gasteiger charge is 2.36. The second kappa shape index (κ2) is 14.3. The first kappa shape index (κ1) is 31.7. The molecule has 0 atom stereocenters. The number of amides is 2. The van der Waals surface area contributed by atoms with Gasteiger partial charge in [0.2, 0.25) is 0 Å². The van der Waals surface area contributed by atoms with E-state index in [1.54, 1.807) is 0 Å². The fourth-order valence-corrected chi connectivity index (χ4v) is 5.08. The summed E-state index contributed by atoms with van der Waals surface area (Å²) in [5.41, 5.74) is -0.278. The molecule has 2 aliphatic rings. The van der Waals surface area contributed by atoms with Crippen LogP contribution in [-0.4, -0.2) is 103 Å². The number of rotatable bonds is 9. The van der Waals surface area contributed by atoms with Crippen LogP contribution in [-0.2, 0) is 11.6 Å². The highest BCUT2D eigenvalue weighted by atomic mass is 19.4. The molecule has 2 amide bonds. The minimum Gasteiger partial charge on any atom is -0.354 e. The van der Waals surface area contributed by atoms with Crippen molar-refractivity contribution in [2.24, 2.45) is 0 Å². The van der Waals surface area contributed by atoms with Crippen molar-refractivity contribution in [3.63, 3.8) is 0 Å². The summed E-state index contributed by atoms with van der Waals surface area (Å²) in [6, 6.07) is 11.3. The molecule has 4 rings (SSSR count). The number of hydrogen-bond donors (Lipinski definition) is 1. The van der Waals surface area contributed by atoms with Crippen LogP contribution in [0.3, 0.4) is 0 Å². The van der Waals surface area contributed by atoms with Gasteiger partial charge in [-0.05, 0) is 24.9 Å². The SMILES string of the molecule is CC(C)(C)c1nc(N2CCN(CCCCNC(=O)N3CCN(C/C=C/c4ccccc4)CC3)CC2)cc(C(F)(F)F)n1. The molecular formula is C31H44F3N7O. The van der Waals surface area contributed by atoms with Crippen LogP contribution >= 0.6 is 0 Å². The van der Waals surface area contributed by atoms with Crippen LogP contribution in [0.4, 0.5) is 23.8 Å². The molecule has 0 bridgehead atoms. The van der Waals surface area contributed by atoms with Crippen LogP contribution in [0.25, 0.3) is 6.08 Å². The van der Waals surface area contributed by atoms with Gasteiger partial charge in [0.15, 0.2) is 0 Å². The summed E-state index contributed by atoms with van der Waals surface area (Å²) in [6.07, 6.45) is 1.62. The zero-order valence-electron chi connectivity index (χ0n) is 25.0. The molecule has 0 unspecified atom stereocenters. The Morgan fingerprint density at radius 2 is 1.57 bits per heavy atom. The van der Waals surface area contributed by atoms with Crippen LogP contribution in [0.2, 0.25) is 0 Å². The quantitative estimate of drug-likeness (QED) is 0.428. The number of alkyl halides is 3. The monoisotopic (exact) mass is 587 g/mol. The molecule has 0 aliphatic carbocycles. The predicted molar refractivity (Wildman–Crippen MR) is 161 cm³/mol. The topological polar surface area (TPSA) is 67.8 Å². The average molecular weight is 588 g/mol. The molecule has 1 N–H and O–H groups in total. The maximum absolute atomic E-state index is 13.5. The van der Waals surface area contributed by atoms with E-state index in [9.17, 15) is 18.0 Å². The third-order valence-electron chi connectivity index (χ3n) is 7.68. The van der Waals surface area contributed by atoms with Crippen molar-refractivity contribution in [2.45, 2.75) is 45.2 Å². The average Bonchev–Trinajstić information content (AvgIpc) is 2.97. The number of hydrogen-bond acceptors (Lipinski definition) is 6. The summed E-state index contributed by atoms with van der Waals surface area (Å²) in [6.45, 7) is 13.8. The van der Waals surface area contributed by atoms with Crippen LogP contribution in [0.1, 0.15) is 50.7 Å². The zero-order chi connectivity index (χ0) is 30.2. The highest BCUT2D eigenvalue weighted by molar-refractivity contribution is 5.74. The molecule has 2 aliphatic heterocycles. The van der Waals surface area contributed by atoms with Crippen molar-refractivity contribution in [3.8, 4) is 0 Å². The van der Waals surface area contributed by atoms with Gasteiger partial charge < -0.3 is 15.1 Å². The highest BCUT2D eigenvalue weighted by Crippen LogP contribution is 2.32. The summed E-state index contributed by atoms with van der Waals surface area (Å²) in [5.74, 6) is 0.545. The predicted octanol–water partition coefficient (Wildman–Crippen LogP) is 4.74. The minimum atomic E-state index is -4.51. The van der Waals surface area contributed by atoms with E-state index >= 15 is 0 Å². The van der Waals surface area contributed by atoms with Crippen LogP contribution < -0.4 is 10.2 Å². The molecule has 0 radical (unpaired) electrons. The number of nitrogens with one attached hydrogen (secondary N) is 1. The first-order chi connectivity index (χ1) is 20.0. The van der Waals surface area contributed by atoms with Gasteiger partial charge in [-0.25, -0.2) is 14.8 Å². The fourth-order valence-electron chi connectivity index (χ4n) is 5.08. The van der Waals surface area contributed by atoms with E-state index < -0.39 is 17.3 Å². The van der Waals surface area contributed by atoms with Crippen LogP contribution in [0, 0.1) is 0 Å². The number of carbonyl (C=O) groups excluding carboxylic acids is 1. The van der Waals surface area contributed by atoms with Crippen LogP contribution in [0.5, 0.6) is 0 Å². The number of urea groups is 1. The van der Waals surface area contributed by atoms with E-state index in [0.29, 0.717) is 25.5 Å². The maximum Gasteiger partial charge on any atom is 0.433 e. The number of aromatic nitrogens is 2. The first-order valence-corrected chi connectivity index (χ1v) is 14.9. The van der Waals surface area contributed by atoms with Crippen molar-refractivity contribution < 1.29 is 18.0 Å². The van der Waals surface area contributed by atoms with E-state index in [4.69, 9.17) is 0 Å². The standard InChI is InChI=1S/C31H44F3N7O/c1-30(2,3)28-36-26(31(32,33)34)24-27(37-28)40-20-16-38(17-21-40)14-8-7-13-35-29(42)41-22-18-39(19-23-41)15-9-12-25-10-5-4-6-11-25/h4-6,9-12,24H,7-8,13-23H2,1-3H3,(H,35,42)/b12-9+. The summed E-state index contributed by atoms with van der Waals surface area (Å²) >= 11 is 0. The lowest BCUT2D eigenvalue weighted by molar-refractivity contribution is -0.141. The van der Waals surface area contributed by atoms with Gasteiger partial charge in [0.25, 0.3) is 0 Å². The Kier molecular flexibility index (Phi) is 10.8. The summed E-state index contributed by atoms with van der Waals surface area (Å²) in [7, 11) is 0. The molecular weight excluding hydrogens is 543 g/mol. The second-order valence-electron chi connectivity index (χ2n) is 12.1. The van der Waals surface area contributed by atoms with Crippen molar-refractivity contribution in [1.82, 2.24) is 30.0 Å². The zero-order valence-corrected chi connectivity index (χ0v) is 25.0. The normalized spacial score (nSPS) is 17.7. The van der Waals surface area contributed by atoms with E-state index in [2.05, 4.69) is 49.4 Å². The number of nitrogens with zero attached hydrogens (tertiary/aromatic N) is 6. The Labute approximate surface area is 247 Å². The summed E-state index contributed by atoms with van der Waals surface area (Å²) < 4.78 is 40.4. The van der Waals surface area contributed by atoms with E-state index in [-0.39, 0.29) is 11.9 Å². The number of anilines is 1. The largest absolute Gasteiger partial charge is 0.433 e. The van der Waals surface area contributed by atoms with E-state index in [1.165, 1.54) is 5.56 Å². The molecule has 2 aromatic rings. The van der Waals surface area contributed by atoms with Gasteiger partial charge in [-0.3, -0.25) is 9.80 Å². The fraction of sp³-hybridized carbons (Fsp3) is 0.581. The Balaban J connectivity index is 1.11. The van der Waals surface area contributed by atoms with Crippen molar-refractivity contribution in [3.05, 3.63) is 59.6 Å². The molecule has 1 aromatic carbocycles. The lowest BCUT2D eigenvalue weighted by Gasteiger charge is -2.36. The molecule has 0 saturated carbocycles. The molecule has 11 heteroatoms. The second-order valence-corrected chi connectivity index (χ2v) is 12.1. The van der Waals surface area contributed by atoms with Crippen molar-refractivity contribution in [1.29, 1.82) is 0 Å². The molecule has 230 valence electrons. The molecule has 0 spiro atoms. The third kappa shape index (κ3) is 9.42. The summed E-state index contributed by atoms with van der Waals surface area (Å²) in [4.78, 5) is 29.4. The third-order valence-corrected chi connectivity index (χ3v) is 7.68. The van der Waals surface area contributed by atoms with Gasteiger partial charge in [-0.1, -0.05) is 63.3 Å². The molecule has 3 heterocycles. The van der Waals surface area contributed by atoms with Gasteiger partial charge >= 0.3 is 12.2 Å². The molecule has 42 heavy (non-hydrogen) atoms. The number of piperazine rings is 2. The lowest BCUT2D eigenvalue weighted by Crippen LogP contribution is -2.51. The Hall–Kier alpha value is -3.18. The van der Waals surface area contributed by atoms with Gasteiger partial charge in [-0.15, -0.1) is 0 Å². The van der Waals surface area contributed by atoms with Gasteiger partial charge in [0.05, 0.1) is 0 Å². The molecule has 8 nitrogen and oxygen atoms in total. The Morgan fingerprint density at radius 1 is 0.905 bits per heavy atom. The van der Waals surface area contributed by atoms with Crippen molar-refractivity contribution in [2.75, 3.05) is 76.9 Å². The maximum atomic E-state index is 13.5. The first-order valence-electron chi connectivity index (χ1n) is 14.9. The number of carbonyl (C=O) groups is 1. The van der Waals surface area contributed by atoms with Crippen LogP contribution in [0.15, 0.2) is 42.5 Å². The number of benzene rings is 1. The Bertz CT molecular complexity index is 1140.